The Balaban J connectivity index is 2.34. The zero-order chi connectivity index (χ0) is 9.26. The van der Waals surface area contributed by atoms with E-state index in [0.717, 1.165) is 6.42 Å². The number of benzene rings is 1. The number of rotatable bonds is 2. The minimum absolute atomic E-state index is 0.473. The molecule has 0 bridgehead atoms. The molecular weight excluding hydrogens is 160 g/mol. The van der Waals surface area contributed by atoms with Crippen LogP contribution in [-0.4, -0.2) is 20.1 Å². The Labute approximate surface area is 79.4 Å². The first kappa shape index (κ1) is 8.73. The highest BCUT2D eigenvalue weighted by Gasteiger charge is 2.29. The Hall–Kier alpha value is -0.860. The van der Waals surface area contributed by atoms with Crippen molar-refractivity contribution in [1.29, 1.82) is 0 Å². The Kier molecular flexibility index (Phi) is 2.34. The fraction of sp³-hybridized carbons (Fsp3) is 0.455. The van der Waals surface area contributed by atoms with E-state index in [1.165, 1.54) is 11.1 Å². The molecule has 1 aliphatic rings. The fourth-order valence-electron chi connectivity index (χ4n) is 2.22. The average molecular weight is 176 g/mol. The van der Waals surface area contributed by atoms with E-state index in [0.29, 0.717) is 12.1 Å². The van der Waals surface area contributed by atoms with E-state index in [1.807, 2.05) is 14.1 Å². The first-order chi connectivity index (χ1) is 6.36. The molecule has 0 aliphatic heterocycles. The van der Waals surface area contributed by atoms with Crippen LogP contribution in [0.1, 0.15) is 17.2 Å². The molecule has 1 aromatic carbocycles. The molecule has 0 saturated carbocycles. The van der Waals surface area contributed by atoms with Crippen molar-refractivity contribution >= 4 is 0 Å². The highest BCUT2D eigenvalue weighted by atomic mass is 15.0. The molecule has 1 aliphatic carbocycles. The lowest BCUT2D eigenvalue weighted by Crippen LogP contribution is -2.35. The fourth-order valence-corrected chi connectivity index (χ4v) is 2.22. The van der Waals surface area contributed by atoms with Gasteiger partial charge in [-0.15, -0.1) is 0 Å². The molecule has 0 spiro atoms. The normalized spacial score (nSPS) is 26.0. The van der Waals surface area contributed by atoms with Crippen molar-refractivity contribution in [3.63, 3.8) is 0 Å². The molecule has 2 N–H and O–H groups in total. The summed E-state index contributed by atoms with van der Waals surface area (Å²) in [5.41, 5.74) is 2.92. The van der Waals surface area contributed by atoms with Crippen LogP contribution in [0.2, 0.25) is 0 Å². The zero-order valence-corrected chi connectivity index (χ0v) is 8.17. The van der Waals surface area contributed by atoms with Crippen LogP contribution < -0.4 is 10.6 Å². The lowest BCUT2D eigenvalue weighted by atomic mass is 10.1. The van der Waals surface area contributed by atoms with E-state index in [-0.39, 0.29) is 0 Å². The summed E-state index contributed by atoms with van der Waals surface area (Å²) < 4.78 is 0. The van der Waals surface area contributed by atoms with Crippen LogP contribution in [0.3, 0.4) is 0 Å². The number of hydrogen-bond acceptors (Lipinski definition) is 2. The van der Waals surface area contributed by atoms with Gasteiger partial charge in [0, 0.05) is 12.1 Å². The molecule has 0 amide bonds. The van der Waals surface area contributed by atoms with E-state index in [1.54, 1.807) is 0 Å². The van der Waals surface area contributed by atoms with Crippen LogP contribution >= 0.6 is 0 Å². The largest absolute Gasteiger partial charge is 0.315 e. The van der Waals surface area contributed by atoms with Gasteiger partial charge in [0.25, 0.3) is 0 Å². The van der Waals surface area contributed by atoms with E-state index in [9.17, 15) is 0 Å². The van der Waals surface area contributed by atoms with Gasteiger partial charge in [0.15, 0.2) is 0 Å². The Bertz CT molecular complexity index is 296. The molecule has 2 atom stereocenters. The summed E-state index contributed by atoms with van der Waals surface area (Å²) in [6.07, 6.45) is 1.14. The maximum Gasteiger partial charge on any atom is 0.0479 e. The number of nitrogens with one attached hydrogen (secondary N) is 2. The third-order valence-electron chi connectivity index (χ3n) is 2.91. The first-order valence-electron chi connectivity index (χ1n) is 4.79. The second-order valence-electron chi connectivity index (χ2n) is 3.56. The summed E-state index contributed by atoms with van der Waals surface area (Å²) >= 11 is 0. The van der Waals surface area contributed by atoms with Crippen LogP contribution in [-0.2, 0) is 6.42 Å². The Morgan fingerprint density at radius 3 is 2.62 bits per heavy atom. The minimum Gasteiger partial charge on any atom is -0.315 e. The lowest BCUT2D eigenvalue weighted by molar-refractivity contribution is 0.450. The van der Waals surface area contributed by atoms with Gasteiger partial charge in [-0.25, -0.2) is 0 Å². The zero-order valence-electron chi connectivity index (χ0n) is 8.17. The second kappa shape index (κ2) is 3.48. The van der Waals surface area contributed by atoms with Gasteiger partial charge in [-0.1, -0.05) is 24.3 Å². The van der Waals surface area contributed by atoms with Gasteiger partial charge in [0.05, 0.1) is 0 Å². The van der Waals surface area contributed by atoms with Gasteiger partial charge < -0.3 is 10.6 Å². The standard InChI is InChI=1S/C11H16N2/c1-12-10-7-8-5-3-4-6-9(8)11(10)13-2/h3-6,10-13H,7H2,1-2H3/t10-,11+/m1/s1. The predicted octanol–water partition coefficient (Wildman–Crippen LogP) is 1.09. The molecule has 70 valence electrons. The molecule has 1 aromatic rings. The second-order valence-corrected chi connectivity index (χ2v) is 3.56. The maximum absolute atomic E-state index is 3.36. The molecular formula is C11H16N2. The predicted molar refractivity (Wildman–Crippen MR) is 54.8 cm³/mol. The van der Waals surface area contributed by atoms with Crippen molar-refractivity contribution in [2.24, 2.45) is 0 Å². The Morgan fingerprint density at radius 2 is 1.92 bits per heavy atom. The van der Waals surface area contributed by atoms with E-state index >= 15 is 0 Å². The number of likely N-dealkylation sites (N-methyl/N-ethyl adjacent to an activating group) is 2. The maximum atomic E-state index is 3.36. The van der Waals surface area contributed by atoms with Gasteiger partial charge in [-0.05, 0) is 31.6 Å². The van der Waals surface area contributed by atoms with Crippen molar-refractivity contribution in [2.75, 3.05) is 14.1 Å². The van der Waals surface area contributed by atoms with Crippen molar-refractivity contribution in [2.45, 2.75) is 18.5 Å². The molecule has 0 unspecified atom stereocenters. The quantitative estimate of drug-likeness (QED) is 0.705. The number of fused-ring (bicyclic) bond motifs is 1. The summed E-state index contributed by atoms with van der Waals surface area (Å²) in [6.45, 7) is 0. The summed E-state index contributed by atoms with van der Waals surface area (Å²) in [7, 11) is 4.05. The topological polar surface area (TPSA) is 24.1 Å². The monoisotopic (exact) mass is 176 g/mol. The van der Waals surface area contributed by atoms with Gasteiger partial charge in [0.1, 0.15) is 0 Å². The van der Waals surface area contributed by atoms with Crippen molar-refractivity contribution in [3.8, 4) is 0 Å². The Morgan fingerprint density at radius 1 is 1.15 bits per heavy atom. The van der Waals surface area contributed by atoms with Gasteiger partial charge in [0.2, 0.25) is 0 Å². The highest BCUT2D eigenvalue weighted by molar-refractivity contribution is 5.37. The third kappa shape index (κ3) is 1.36. The molecule has 0 saturated heterocycles. The van der Waals surface area contributed by atoms with Crippen LogP contribution in [0.15, 0.2) is 24.3 Å². The summed E-state index contributed by atoms with van der Waals surface area (Å²) in [6, 6.07) is 9.68. The average Bonchev–Trinajstić information content (AvgIpc) is 2.55. The molecule has 0 fully saturated rings. The summed E-state index contributed by atoms with van der Waals surface area (Å²) in [5.74, 6) is 0. The van der Waals surface area contributed by atoms with Gasteiger partial charge in [-0.3, -0.25) is 0 Å². The van der Waals surface area contributed by atoms with Gasteiger partial charge >= 0.3 is 0 Å². The smallest absolute Gasteiger partial charge is 0.0479 e. The molecule has 0 radical (unpaired) electrons. The lowest BCUT2D eigenvalue weighted by Gasteiger charge is -2.18. The molecule has 2 rings (SSSR count). The van der Waals surface area contributed by atoms with Crippen LogP contribution in [0, 0.1) is 0 Å². The molecule has 2 heteroatoms. The molecule has 2 nitrogen and oxygen atoms in total. The van der Waals surface area contributed by atoms with Crippen LogP contribution in [0.4, 0.5) is 0 Å². The van der Waals surface area contributed by atoms with E-state index in [2.05, 4.69) is 34.9 Å². The molecule has 13 heavy (non-hydrogen) atoms. The van der Waals surface area contributed by atoms with E-state index in [4.69, 9.17) is 0 Å². The minimum atomic E-state index is 0.473. The summed E-state index contributed by atoms with van der Waals surface area (Å²) in [5, 5.41) is 6.71. The number of hydrogen-bond donors (Lipinski definition) is 2. The third-order valence-corrected chi connectivity index (χ3v) is 2.91. The SMILES string of the molecule is CN[C@@H]1Cc2ccccc2[C@@H]1NC. The molecule has 0 aromatic heterocycles. The van der Waals surface area contributed by atoms with Crippen molar-refractivity contribution < 1.29 is 0 Å². The van der Waals surface area contributed by atoms with Gasteiger partial charge in [-0.2, -0.15) is 0 Å². The van der Waals surface area contributed by atoms with Crippen molar-refractivity contribution in [3.05, 3.63) is 35.4 Å². The van der Waals surface area contributed by atoms with E-state index < -0.39 is 0 Å². The van der Waals surface area contributed by atoms with Crippen molar-refractivity contribution in [1.82, 2.24) is 10.6 Å². The first-order valence-corrected chi connectivity index (χ1v) is 4.79. The van der Waals surface area contributed by atoms with Crippen LogP contribution in [0.5, 0.6) is 0 Å². The molecule has 0 heterocycles. The highest BCUT2D eigenvalue weighted by Crippen LogP contribution is 2.30. The summed E-state index contributed by atoms with van der Waals surface area (Å²) in [4.78, 5) is 0. The van der Waals surface area contributed by atoms with Crippen LogP contribution in [0.25, 0.3) is 0 Å².